The van der Waals surface area contributed by atoms with Crippen LogP contribution in [-0.2, 0) is 11.2 Å². The molecule has 2 aromatic carbocycles. The summed E-state index contributed by atoms with van der Waals surface area (Å²) in [5, 5.41) is 6.44. The number of amides is 2. The van der Waals surface area contributed by atoms with E-state index in [9.17, 15) is 9.59 Å². The van der Waals surface area contributed by atoms with Gasteiger partial charge in [0.15, 0.2) is 0 Å². The minimum atomic E-state index is -0.307. The Hall–Kier alpha value is -3.17. The van der Waals surface area contributed by atoms with Crippen LogP contribution in [0.15, 0.2) is 48.5 Å². The van der Waals surface area contributed by atoms with Crippen molar-refractivity contribution < 1.29 is 9.59 Å². The second kappa shape index (κ2) is 8.97. The minimum Gasteiger partial charge on any atom is -0.341 e. The van der Waals surface area contributed by atoms with Crippen molar-refractivity contribution in [2.24, 2.45) is 0 Å². The van der Waals surface area contributed by atoms with Gasteiger partial charge in [0.05, 0.1) is 33.0 Å². The van der Waals surface area contributed by atoms with Crippen LogP contribution in [0.3, 0.4) is 0 Å². The van der Waals surface area contributed by atoms with Crippen molar-refractivity contribution in [1.29, 1.82) is 0 Å². The van der Waals surface area contributed by atoms with Crippen molar-refractivity contribution in [2.45, 2.75) is 19.3 Å². The highest BCUT2D eigenvalue weighted by atomic mass is 32.1. The third-order valence-corrected chi connectivity index (χ3v) is 5.03. The Balaban J connectivity index is 1.55. The van der Waals surface area contributed by atoms with Gasteiger partial charge in [-0.25, -0.2) is 4.98 Å². The fourth-order valence-corrected chi connectivity index (χ4v) is 3.67. The molecule has 3 aromatic rings. The van der Waals surface area contributed by atoms with E-state index in [2.05, 4.69) is 21.5 Å². The third-order valence-electron chi connectivity index (χ3n) is 3.93. The first-order valence-corrected chi connectivity index (χ1v) is 9.44. The number of carbonyl (C=O) groups excluding carboxylic acids is 2. The number of nitrogens with zero attached hydrogens (tertiary/aromatic N) is 1. The van der Waals surface area contributed by atoms with Crippen molar-refractivity contribution in [2.75, 3.05) is 11.9 Å². The minimum absolute atomic E-state index is 0.131. The van der Waals surface area contributed by atoms with E-state index in [0.29, 0.717) is 24.1 Å². The summed E-state index contributed by atoms with van der Waals surface area (Å²) in [7, 11) is 0. The lowest BCUT2D eigenvalue weighted by atomic mass is 10.1. The lowest BCUT2D eigenvalue weighted by Gasteiger charge is -2.10. The number of rotatable bonds is 7. The average Bonchev–Trinajstić information content (AvgIpc) is 3.09. The van der Waals surface area contributed by atoms with Gasteiger partial charge in [-0.05, 0) is 37.1 Å². The number of hydrogen-bond donors (Lipinski definition) is 2. The quantitative estimate of drug-likeness (QED) is 0.618. The van der Waals surface area contributed by atoms with Gasteiger partial charge >= 0.3 is 0 Å². The van der Waals surface area contributed by atoms with Crippen LogP contribution in [0, 0.1) is 12.3 Å². The number of aromatic nitrogens is 1. The monoisotopic (exact) mass is 377 g/mol. The van der Waals surface area contributed by atoms with Crippen molar-refractivity contribution in [3.63, 3.8) is 0 Å². The van der Waals surface area contributed by atoms with Crippen molar-refractivity contribution in [3.05, 3.63) is 59.1 Å². The van der Waals surface area contributed by atoms with E-state index in [1.165, 1.54) is 0 Å². The van der Waals surface area contributed by atoms with Gasteiger partial charge in [0.25, 0.3) is 5.91 Å². The van der Waals surface area contributed by atoms with E-state index in [-0.39, 0.29) is 18.4 Å². The molecule has 136 valence electrons. The van der Waals surface area contributed by atoms with Gasteiger partial charge in [0.1, 0.15) is 0 Å². The van der Waals surface area contributed by atoms with Crippen LogP contribution in [0.25, 0.3) is 10.2 Å². The summed E-state index contributed by atoms with van der Waals surface area (Å²) in [6, 6.07) is 14.9. The van der Waals surface area contributed by atoms with E-state index in [0.717, 1.165) is 21.6 Å². The smallest absolute Gasteiger partial charge is 0.254 e. The zero-order valence-electron chi connectivity index (χ0n) is 14.7. The molecule has 0 spiro atoms. The average molecular weight is 377 g/mol. The molecular weight excluding hydrogens is 358 g/mol. The van der Waals surface area contributed by atoms with Crippen LogP contribution < -0.4 is 10.6 Å². The highest BCUT2D eigenvalue weighted by molar-refractivity contribution is 7.18. The van der Waals surface area contributed by atoms with Crippen LogP contribution in [0.2, 0.25) is 0 Å². The highest BCUT2D eigenvalue weighted by Gasteiger charge is 2.12. The summed E-state index contributed by atoms with van der Waals surface area (Å²) in [5.74, 6) is 1.92. The van der Waals surface area contributed by atoms with Gasteiger partial charge in [0, 0.05) is 6.42 Å². The topological polar surface area (TPSA) is 71.1 Å². The number of aryl methyl sites for hydroxylation is 1. The molecule has 0 bridgehead atoms. The molecule has 0 aliphatic rings. The van der Waals surface area contributed by atoms with Gasteiger partial charge in [-0.3, -0.25) is 9.59 Å². The first-order chi connectivity index (χ1) is 13.2. The van der Waals surface area contributed by atoms with E-state index >= 15 is 0 Å². The van der Waals surface area contributed by atoms with Crippen LogP contribution in [0.5, 0.6) is 0 Å². The molecule has 0 fully saturated rings. The van der Waals surface area contributed by atoms with E-state index in [1.807, 2.05) is 24.3 Å². The molecule has 0 saturated carbocycles. The summed E-state index contributed by atoms with van der Waals surface area (Å²) >= 11 is 1.65. The standard InChI is InChI=1S/C21H19N3O2S/c1-2-14-22-21(26)15-8-3-4-9-16(15)23-19(25)12-7-13-20-24-17-10-5-6-11-18(17)27-20/h1,3-6,8-11H,7,12-14H2,(H,22,26)(H,23,25). The number of hydrogen-bond acceptors (Lipinski definition) is 4. The Morgan fingerprint density at radius 3 is 2.70 bits per heavy atom. The Labute approximate surface area is 161 Å². The van der Waals surface area contributed by atoms with E-state index < -0.39 is 0 Å². The Kier molecular flexibility index (Phi) is 6.18. The first-order valence-electron chi connectivity index (χ1n) is 8.62. The molecule has 5 nitrogen and oxygen atoms in total. The Bertz CT molecular complexity index is 971. The molecule has 27 heavy (non-hydrogen) atoms. The van der Waals surface area contributed by atoms with Crippen LogP contribution in [-0.4, -0.2) is 23.3 Å². The van der Waals surface area contributed by atoms with Gasteiger partial charge in [0.2, 0.25) is 5.91 Å². The molecule has 2 amide bonds. The molecule has 0 aliphatic carbocycles. The van der Waals surface area contributed by atoms with Crippen LogP contribution in [0.4, 0.5) is 5.69 Å². The fourth-order valence-electron chi connectivity index (χ4n) is 2.66. The maximum Gasteiger partial charge on any atom is 0.254 e. The lowest BCUT2D eigenvalue weighted by Crippen LogP contribution is -2.25. The van der Waals surface area contributed by atoms with E-state index in [1.54, 1.807) is 35.6 Å². The molecule has 2 N–H and O–H groups in total. The zero-order valence-corrected chi connectivity index (χ0v) is 15.5. The van der Waals surface area contributed by atoms with Gasteiger partial charge < -0.3 is 10.6 Å². The number of anilines is 1. The number of para-hydroxylation sites is 2. The molecule has 0 unspecified atom stereocenters. The van der Waals surface area contributed by atoms with Crippen molar-refractivity contribution in [3.8, 4) is 12.3 Å². The van der Waals surface area contributed by atoms with Crippen molar-refractivity contribution in [1.82, 2.24) is 10.3 Å². The SMILES string of the molecule is C#CCNC(=O)c1ccccc1NC(=O)CCCc1nc2ccccc2s1. The molecule has 0 saturated heterocycles. The highest BCUT2D eigenvalue weighted by Crippen LogP contribution is 2.23. The molecule has 3 rings (SSSR count). The molecule has 6 heteroatoms. The maximum atomic E-state index is 12.3. The van der Waals surface area contributed by atoms with Gasteiger partial charge in [-0.15, -0.1) is 17.8 Å². The third kappa shape index (κ3) is 4.93. The van der Waals surface area contributed by atoms with Crippen LogP contribution >= 0.6 is 11.3 Å². The summed E-state index contributed by atoms with van der Waals surface area (Å²) in [6.45, 7) is 0.142. The summed E-state index contributed by atoms with van der Waals surface area (Å²) in [6.07, 6.45) is 6.96. The van der Waals surface area contributed by atoms with Gasteiger partial charge in [-0.1, -0.05) is 30.2 Å². The Morgan fingerprint density at radius 1 is 1.11 bits per heavy atom. The first kappa shape index (κ1) is 18.6. The predicted octanol–water partition coefficient (Wildman–Crippen LogP) is 3.62. The largest absolute Gasteiger partial charge is 0.341 e. The zero-order chi connectivity index (χ0) is 19.1. The molecule has 1 aromatic heterocycles. The van der Waals surface area contributed by atoms with E-state index in [4.69, 9.17) is 6.42 Å². The number of thiazole rings is 1. The normalized spacial score (nSPS) is 10.3. The summed E-state index contributed by atoms with van der Waals surface area (Å²) < 4.78 is 1.16. The number of fused-ring (bicyclic) bond motifs is 1. The van der Waals surface area contributed by atoms with Crippen molar-refractivity contribution >= 4 is 39.1 Å². The number of benzene rings is 2. The number of nitrogens with one attached hydrogen (secondary N) is 2. The number of carbonyl (C=O) groups is 2. The summed E-state index contributed by atoms with van der Waals surface area (Å²) in [4.78, 5) is 29.0. The molecular formula is C21H19N3O2S. The Morgan fingerprint density at radius 2 is 1.89 bits per heavy atom. The molecule has 1 heterocycles. The lowest BCUT2D eigenvalue weighted by molar-refractivity contribution is -0.116. The number of terminal acetylenes is 1. The summed E-state index contributed by atoms with van der Waals surface area (Å²) in [5.41, 5.74) is 1.87. The molecule has 0 atom stereocenters. The maximum absolute atomic E-state index is 12.3. The van der Waals surface area contributed by atoms with Gasteiger partial charge in [-0.2, -0.15) is 0 Å². The fraction of sp³-hybridized carbons (Fsp3) is 0.190. The second-order valence-electron chi connectivity index (χ2n) is 5.91. The molecule has 0 radical (unpaired) electrons. The second-order valence-corrected chi connectivity index (χ2v) is 7.02. The molecule has 0 aliphatic heterocycles. The van der Waals surface area contributed by atoms with Crippen LogP contribution in [0.1, 0.15) is 28.2 Å². The predicted molar refractivity (Wildman–Crippen MR) is 109 cm³/mol.